The third-order valence-electron chi connectivity index (χ3n) is 15.9. The lowest BCUT2D eigenvalue weighted by atomic mass is 9.37. The van der Waals surface area contributed by atoms with Gasteiger partial charge in [0.05, 0.1) is 34.8 Å². The van der Waals surface area contributed by atoms with Gasteiger partial charge < -0.3 is 119 Å². The van der Waals surface area contributed by atoms with Crippen LogP contribution in [0.25, 0.3) is 11.1 Å². The van der Waals surface area contributed by atoms with Crippen LogP contribution in [0.15, 0.2) is 30.3 Å². The van der Waals surface area contributed by atoms with E-state index < -0.39 is 252 Å². The normalized spacial score (nSPS) is 34.6. The molecule has 4 aromatic carbocycles. The van der Waals surface area contributed by atoms with Crippen molar-refractivity contribution in [2.75, 3.05) is 13.2 Å². The van der Waals surface area contributed by atoms with Crippen molar-refractivity contribution in [1.82, 2.24) is 0 Å². The summed E-state index contributed by atoms with van der Waals surface area (Å²) in [5.74, 6) is -38.4. The van der Waals surface area contributed by atoms with Crippen LogP contribution in [0.4, 0.5) is 0 Å². The minimum absolute atomic E-state index is 0.327. The smallest absolute Gasteiger partial charge is 0.340 e. The Hall–Kier alpha value is -9.27. The average molecular weight is 1110 g/mol. The summed E-state index contributed by atoms with van der Waals surface area (Å²) < 4.78 is 51.8. The van der Waals surface area contributed by atoms with Gasteiger partial charge in [0.25, 0.3) is 5.79 Å². The molecular weight excluding hydrogens is 1070 g/mol. The lowest BCUT2D eigenvalue weighted by Crippen LogP contribution is -2.84. The van der Waals surface area contributed by atoms with Crippen molar-refractivity contribution in [2.24, 2.45) is 10.8 Å². The summed E-state index contributed by atoms with van der Waals surface area (Å²) in [6, 6.07) is 2.20. The predicted molar refractivity (Wildman–Crippen MR) is 235 cm³/mol. The second-order valence-corrected chi connectivity index (χ2v) is 19.7. The highest BCUT2D eigenvalue weighted by Crippen LogP contribution is 2.79. The molecule has 6 bridgehead atoms. The van der Waals surface area contributed by atoms with Gasteiger partial charge in [0.1, 0.15) is 29.6 Å². The fraction of sp³-hybridized carbons (Fsp3) is 0.354. The van der Waals surface area contributed by atoms with Gasteiger partial charge in [-0.3, -0.25) is 14.4 Å². The molecule has 6 fully saturated rings. The predicted octanol–water partition coefficient (Wildman–Crippen LogP) is -2.21. The van der Waals surface area contributed by atoms with Gasteiger partial charge >= 0.3 is 35.8 Å². The molecule has 13 rings (SSSR count). The van der Waals surface area contributed by atoms with Gasteiger partial charge in [-0.15, -0.1) is 0 Å². The Balaban J connectivity index is 1.13. The number of Topliss-reactive ketones (excluding diaryl/α,β-unsaturated/α-hetero) is 1. The first kappa shape index (κ1) is 50.5. The van der Waals surface area contributed by atoms with Gasteiger partial charge in [0, 0.05) is 29.5 Å². The van der Waals surface area contributed by atoms with Crippen molar-refractivity contribution in [1.29, 1.82) is 0 Å². The number of carbonyl (C=O) groups is 7. The van der Waals surface area contributed by atoms with Crippen LogP contribution in [0.2, 0.25) is 0 Å². The zero-order valence-electron chi connectivity index (χ0n) is 39.1. The molecule has 79 heavy (non-hydrogen) atoms. The SMILES string of the molecule is O=C(OC1OC2COC(=O)c3cc(O)c(O)c(O)c3-c3c(cc(O)c(O)c3O)C(=O)OC3C2OC(=O)C24CC(=O)C(O)(CC25C(=O)OC2C(O)COC25O)C2(O)Oc5c(O)c(O)cc(c5C24)C(=O)OC13)c1cc(O)c(O)c(O)c1. The molecule has 414 valence electrons. The van der Waals surface area contributed by atoms with Gasteiger partial charge in [-0.05, 0) is 30.3 Å². The number of phenolic OH excluding ortho intramolecular Hbond substituents is 11. The Bertz CT molecular complexity index is 3530. The van der Waals surface area contributed by atoms with E-state index in [0.717, 1.165) is 0 Å². The van der Waals surface area contributed by atoms with Crippen LogP contribution in [0.1, 0.15) is 65.8 Å². The van der Waals surface area contributed by atoms with Crippen LogP contribution in [0.3, 0.4) is 0 Å². The summed E-state index contributed by atoms with van der Waals surface area (Å²) in [5.41, 5.74) is -18.0. The molecular formula is C48H36O31. The number of hydrogen-bond donors (Lipinski definition) is 15. The topological polar surface area (TPSA) is 506 Å². The van der Waals surface area contributed by atoms with Crippen LogP contribution in [-0.2, 0) is 52.3 Å². The summed E-state index contributed by atoms with van der Waals surface area (Å²) in [4.78, 5) is 104. The quantitative estimate of drug-likeness (QED) is 0.0575. The van der Waals surface area contributed by atoms with E-state index in [9.17, 15) is 95.8 Å². The largest absolute Gasteiger partial charge is 0.504 e. The Kier molecular flexibility index (Phi) is 10.2. The summed E-state index contributed by atoms with van der Waals surface area (Å²) >= 11 is 0. The maximum absolute atomic E-state index is 16.2. The molecule has 6 heterocycles. The Morgan fingerprint density at radius 1 is 0.582 bits per heavy atom. The molecule has 13 unspecified atom stereocenters. The van der Waals surface area contributed by atoms with E-state index >= 15 is 14.4 Å². The molecule has 15 N–H and O–H groups in total. The molecule has 9 aliphatic rings. The van der Waals surface area contributed by atoms with E-state index in [2.05, 4.69) is 0 Å². The van der Waals surface area contributed by atoms with Crippen molar-refractivity contribution in [3.63, 3.8) is 0 Å². The maximum Gasteiger partial charge on any atom is 0.340 e. The number of cyclic esters (lactones) is 1. The first-order chi connectivity index (χ1) is 37.1. The molecule has 13 atom stereocenters. The number of esters is 6. The van der Waals surface area contributed by atoms with Crippen molar-refractivity contribution in [3.8, 4) is 80.1 Å². The molecule has 4 aromatic rings. The zero-order valence-corrected chi connectivity index (χ0v) is 39.1. The minimum atomic E-state index is -3.70. The Morgan fingerprint density at radius 2 is 1.14 bits per heavy atom. The molecule has 3 saturated heterocycles. The summed E-state index contributed by atoms with van der Waals surface area (Å²) in [5, 5.41) is 168. The standard InChI is InChI=1S/C48H36O31/c49-14-1-10(2-15(50)25(14)56)37(62)78-41-34-33-31(20(73-41)8-71-38(63)11-3-16(51)26(57)29(60)22(11)23-12(39(64)74-33)4-17(52)27(58)30(23)61)76-42(66)44-6-21(55)46(68,9-45(44)43(67)77-36-19(54)7-72-48(36,45)70)47(69)35(44)24-13(40(65)75-34)5-18(53)28(59)32(24)79-47/h1-5,19-20,31,33-36,41,49-54,56-61,68-70H,6-9H2. The zero-order chi connectivity index (χ0) is 56.9. The molecule has 0 radical (unpaired) electrons. The Morgan fingerprint density at radius 3 is 1.77 bits per heavy atom. The molecule has 6 aliphatic heterocycles. The number of aliphatic hydroxyl groups is 4. The second-order valence-electron chi connectivity index (χ2n) is 19.7. The van der Waals surface area contributed by atoms with E-state index in [0.29, 0.717) is 30.3 Å². The van der Waals surface area contributed by atoms with E-state index in [4.69, 9.17) is 42.6 Å². The molecule has 3 saturated carbocycles. The van der Waals surface area contributed by atoms with Gasteiger partial charge in [-0.25, -0.2) is 19.2 Å². The van der Waals surface area contributed by atoms with Gasteiger partial charge in [0.2, 0.25) is 35.4 Å². The van der Waals surface area contributed by atoms with Crippen LogP contribution in [0.5, 0.6) is 69.0 Å². The third-order valence-corrected chi connectivity index (χ3v) is 15.9. The molecule has 3 aliphatic carbocycles. The number of hydrogen-bond acceptors (Lipinski definition) is 31. The van der Waals surface area contributed by atoms with Gasteiger partial charge in [-0.1, -0.05) is 0 Å². The van der Waals surface area contributed by atoms with Crippen LogP contribution < -0.4 is 4.74 Å². The third kappa shape index (κ3) is 6.06. The monoisotopic (exact) mass is 1110 g/mol. The number of carbonyl (C=O) groups excluding carboxylic acids is 7. The lowest BCUT2D eigenvalue weighted by Gasteiger charge is -2.65. The van der Waals surface area contributed by atoms with Crippen molar-refractivity contribution >= 4 is 41.6 Å². The van der Waals surface area contributed by atoms with Crippen molar-refractivity contribution < 1.29 is 153 Å². The van der Waals surface area contributed by atoms with Crippen LogP contribution in [0, 0.1) is 10.8 Å². The molecule has 0 amide bonds. The fourth-order valence-corrected chi connectivity index (χ4v) is 12.3. The fourth-order valence-electron chi connectivity index (χ4n) is 12.3. The highest BCUT2D eigenvalue weighted by molar-refractivity contribution is 6.09. The van der Waals surface area contributed by atoms with E-state index in [1.165, 1.54) is 0 Å². The lowest BCUT2D eigenvalue weighted by molar-refractivity contribution is -0.362. The number of rotatable bonds is 2. The van der Waals surface area contributed by atoms with E-state index in [1.807, 2.05) is 0 Å². The highest BCUT2D eigenvalue weighted by atomic mass is 16.8. The Labute approximate surface area is 434 Å². The van der Waals surface area contributed by atoms with Crippen molar-refractivity contribution in [3.05, 3.63) is 58.1 Å². The molecule has 0 aromatic heterocycles. The molecule has 2 spiro atoms. The van der Waals surface area contributed by atoms with Gasteiger partial charge in [0.15, 0.2) is 81.4 Å². The number of aromatic hydroxyl groups is 11. The van der Waals surface area contributed by atoms with E-state index in [1.54, 1.807) is 0 Å². The molecule has 31 nitrogen and oxygen atoms in total. The number of ether oxygens (including phenoxy) is 9. The summed E-state index contributed by atoms with van der Waals surface area (Å²) in [7, 11) is 0. The average Bonchev–Trinajstić information content (AvgIpc) is 1.67. The number of aliphatic hydroxyl groups excluding tert-OH is 1. The first-order valence-electron chi connectivity index (χ1n) is 23.1. The number of ketones is 1. The van der Waals surface area contributed by atoms with Gasteiger partial charge in [-0.2, -0.15) is 0 Å². The van der Waals surface area contributed by atoms with E-state index in [-0.39, 0.29) is 0 Å². The van der Waals surface area contributed by atoms with Crippen LogP contribution in [-0.4, -0.2) is 191 Å². The first-order valence-corrected chi connectivity index (χ1v) is 23.1. The molecule has 31 heteroatoms. The maximum atomic E-state index is 16.2. The number of phenols is 11. The van der Waals surface area contributed by atoms with Crippen molar-refractivity contribution in [2.45, 2.75) is 78.8 Å². The second kappa shape index (κ2) is 15.9. The number of benzene rings is 4. The number of fused-ring (bicyclic) bond motifs is 5. The summed E-state index contributed by atoms with van der Waals surface area (Å²) in [6.07, 6.45) is -20.6. The highest BCUT2D eigenvalue weighted by Gasteiger charge is 2.95. The minimum Gasteiger partial charge on any atom is -0.504 e. The summed E-state index contributed by atoms with van der Waals surface area (Å²) in [6.45, 7) is -2.33. The van der Waals surface area contributed by atoms with Crippen LogP contribution >= 0.6 is 0 Å².